The van der Waals surface area contributed by atoms with Crippen molar-refractivity contribution in [2.24, 2.45) is 0 Å². The van der Waals surface area contributed by atoms with Gasteiger partial charge in [-0.25, -0.2) is 0 Å². The minimum absolute atomic E-state index is 0.193. The van der Waals surface area contributed by atoms with Crippen LogP contribution in [0.2, 0.25) is 0 Å². The zero-order valence-electron chi connectivity index (χ0n) is 16.2. The third-order valence-corrected chi connectivity index (χ3v) is 4.39. The Morgan fingerprint density at radius 3 is 2.61 bits per heavy atom. The van der Waals surface area contributed by atoms with E-state index in [-0.39, 0.29) is 24.3 Å². The fourth-order valence-electron chi connectivity index (χ4n) is 2.95. The largest absolute Gasteiger partial charge is 0.493 e. The molecule has 0 aliphatic carbocycles. The first kappa shape index (κ1) is 19.7. The van der Waals surface area contributed by atoms with Crippen LogP contribution in [0.1, 0.15) is 34.8 Å². The van der Waals surface area contributed by atoms with Gasteiger partial charge >= 0.3 is 0 Å². The molecule has 3 rings (SSSR count). The number of aliphatic hydroxyl groups is 1. The first-order valence-corrected chi connectivity index (χ1v) is 8.81. The van der Waals surface area contributed by atoms with Crippen LogP contribution in [0.4, 0.5) is 0 Å². The van der Waals surface area contributed by atoms with Crippen LogP contribution in [0.15, 0.2) is 64.3 Å². The van der Waals surface area contributed by atoms with Crippen molar-refractivity contribution in [1.29, 1.82) is 0 Å². The van der Waals surface area contributed by atoms with Crippen LogP contribution in [0.3, 0.4) is 0 Å². The maximum absolute atomic E-state index is 11.1. The molecule has 0 aliphatic rings. The quantitative estimate of drug-likeness (QED) is 0.563. The van der Waals surface area contributed by atoms with Gasteiger partial charge < -0.3 is 23.5 Å². The highest BCUT2D eigenvalue weighted by molar-refractivity contribution is 5.41. The molecule has 0 saturated carbocycles. The Morgan fingerprint density at radius 1 is 1.21 bits per heavy atom. The minimum Gasteiger partial charge on any atom is -0.493 e. The first-order valence-electron chi connectivity index (χ1n) is 8.81. The number of furan rings is 1. The van der Waals surface area contributed by atoms with E-state index >= 15 is 0 Å². The third-order valence-electron chi connectivity index (χ3n) is 4.39. The number of benzene rings is 1. The predicted octanol–water partition coefficient (Wildman–Crippen LogP) is 3.73. The van der Waals surface area contributed by atoms with Gasteiger partial charge in [0, 0.05) is 6.07 Å². The van der Waals surface area contributed by atoms with E-state index in [4.69, 9.17) is 18.4 Å². The van der Waals surface area contributed by atoms with Crippen LogP contribution in [0.25, 0.3) is 0 Å². The predicted molar refractivity (Wildman–Crippen MR) is 103 cm³/mol. The molecule has 2 atom stereocenters. The number of hydrogen-bond acceptors (Lipinski definition) is 7. The van der Waals surface area contributed by atoms with E-state index in [1.165, 1.54) is 13.4 Å². The fourth-order valence-corrected chi connectivity index (χ4v) is 2.95. The fraction of sp³-hybridized carbons (Fsp3) is 0.286. The van der Waals surface area contributed by atoms with Crippen molar-refractivity contribution in [1.82, 2.24) is 10.1 Å². The monoisotopic (exact) mass is 384 g/mol. The number of aromatic nitrogens is 1. The molecule has 0 bridgehead atoms. The second kappa shape index (κ2) is 8.77. The topological polar surface area (TPSA) is 81.1 Å². The number of ether oxygens (including phenoxy) is 2. The van der Waals surface area contributed by atoms with Gasteiger partial charge in [-0.3, -0.25) is 4.90 Å². The van der Waals surface area contributed by atoms with Gasteiger partial charge in [-0.2, -0.15) is 0 Å². The van der Waals surface area contributed by atoms with Gasteiger partial charge in [-0.05, 0) is 24.8 Å². The number of likely N-dealkylation sites (N-methyl/N-ethyl adjacent to an activating group) is 1. The summed E-state index contributed by atoms with van der Waals surface area (Å²) >= 11 is 0. The third kappa shape index (κ3) is 3.95. The first-order chi connectivity index (χ1) is 13.6. The summed E-state index contributed by atoms with van der Waals surface area (Å²) in [6.07, 6.45) is 1.97. The lowest BCUT2D eigenvalue weighted by Gasteiger charge is -2.20. The molecular formula is C21H24N2O5. The van der Waals surface area contributed by atoms with Gasteiger partial charge in [0.05, 0.1) is 25.0 Å². The van der Waals surface area contributed by atoms with Crippen molar-refractivity contribution >= 4 is 0 Å². The van der Waals surface area contributed by atoms with Gasteiger partial charge in [-0.1, -0.05) is 36.4 Å². The smallest absolute Gasteiger partial charge is 0.261 e. The zero-order chi connectivity index (χ0) is 20.1. The molecule has 0 spiro atoms. The van der Waals surface area contributed by atoms with Crippen molar-refractivity contribution in [3.8, 4) is 11.6 Å². The van der Waals surface area contributed by atoms with Gasteiger partial charge in [0.2, 0.25) is 0 Å². The van der Waals surface area contributed by atoms with Crippen LogP contribution < -0.4 is 9.47 Å². The Balaban J connectivity index is 2.00. The maximum Gasteiger partial charge on any atom is 0.261 e. The molecule has 2 heterocycles. The van der Waals surface area contributed by atoms with Gasteiger partial charge in [0.15, 0.2) is 17.3 Å². The molecule has 0 saturated heterocycles. The maximum atomic E-state index is 11.1. The molecule has 0 radical (unpaired) electrons. The number of methoxy groups -OCH3 is 1. The number of nitrogens with zero attached hydrogens (tertiary/aromatic N) is 2. The lowest BCUT2D eigenvalue weighted by Crippen LogP contribution is -2.19. The summed E-state index contributed by atoms with van der Waals surface area (Å²) in [7, 11) is 5.26. The zero-order valence-corrected chi connectivity index (χ0v) is 16.2. The van der Waals surface area contributed by atoms with Crippen molar-refractivity contribution in [2.45, 2.75) is 18.8 Å². The van der Waals surface area contributed by atoms with Crippen molar-refractivity contribution in [2.75, 3.05) is 21.2 Å². The van der Waals surface area contributed by atoms with E-state index in [1.807, 2.05) is 49.3 Å². The molecule has 7 nitrogen and oxygen atoms in total. The van der Waals surface area contributed by atoms with E-state index in [2.05, 4.69) is 11.7 Å². The molecule has 1 aromatic carbocycles. The Bertz CT molecular complexity index is 901. The highest BCUT2D eigenvalue weighted by atomic mass is 16.5. The molecule has 0 aliphatic heterocycles. The minimum atomic E-state index is -1.18. The molecular weight excluding hydrogens is 360 g/mol. The second-order valence-electron chi connectivity index (χ2n) is 6.44. The van der Waals surface area contributed by atoms with Gasteiger partial charge in [0.25, 0.3) is 5.88 Å². The summed E-state index contributed by atoms with van der Waals surface area (Å²) in [6, 6.07) is 11.0. The molecule has 0 amide bonds. The molecule has 2 aromatic heterocycles. The van der Waals surface area contributed by atoms with Crippen molar-refractivity contribution in [3.63, 3.8) is 0 Å². The average Bonchev–Trinajstić information content (AvgIpc) is 3.34. The molecule has 0 fully saturated rings. The van der Waals surface area contributed by atoms with E-state index in [1.54, 1.807) is 12.1 Å². The van der Waals surface area contributed by atoms with Crippen LogP contribution in [0.5, 0.6) is 11.6 Å². The summed E-state index contributed by atoms with van der Waals surface area (Å²) in [4.78, 5) is 1.89. The summed E-state index contributed by atoms with van der Waals surface area (Å²) in [6.45, 7) is 4.14. The standard InChI is InChI=1S/C21H24N2O5/c1-5-15(23(2)3)19-17(18(24)20-16(25-4)11-12-26-20)21(22-28-19)27-13-14-9-7-6-8-10-14/h5-12,15,18,24H,1,13H2,2-4H3/t15-,18-/m0/s1. The Morgan fingerprint density at radius 2 is 1.96 bits per heavy atom. The highest BCUT2D eigenvalue weighted by Gasteiger charge is 2.33. The summed E-state index contributed by atoms with van der Waals surface area (Å²) in [5, 5.41) is 15.1. The molecule has 7 heteroatoms. The number of hydrogen-bond donors (Lipinski definition) is 1. The Kier molecular flexibility index (Phi) is 6.18. The van der Waals surface area contributed by atoms with Crippen LogP contribution in [-0.2, 0) is 6.61 Å². The Labute approximate surface area is 163 Å². The van der Waals surface area contributed by atoms with Crippen LogP contribution in [-0.4, -0.2) is 36.4 Å². The lowest BCUT2D eigenvalue weighted by atomic mass is 10.0. The van der Waals surface area contributed by atoms with Crippen molar-refractivity contribution < 1.29 is 23.5 Å². The van der Waals surface area contributed by atoms with E-state index in [9.17, 15) is 5.11 Å². The molecule has 0 unspecified atom stereocenters. The average molecular weight is 384 g/mol. The van der Waals surface area contributed by atoms with E-state index in [0.717, 1.165) is 5.56 Å². The van der Waals surface area contributed by atoms with Crippen LogP contribution in [0, 0.1) is 0 Å². The van der Waals surface area contributed by atoms with Gasteiger partial charge in [0.1, 0.15) is 12.7 Å². The lowest BCUT2D eigenvalue weighted by molar-refractivity contribution is 0.171. The number of aliphatic hydroxyl groups excluding tert-OH is 1. The SMILES string of the molecule is C=C[C@@H](c1onc(OCc2ccccc2)c1[C@H](O)c1occc1OC)N(C)C. The molecule has 3 aromatic rings. The normalized spacial score (nSPS) is 13.3. The molecule has 148 valence electrons. The summed E-state index contributed by atoms with van der Waals surface area (Å²) in [5.41, 5.74) is 1.35. The number of rotatable bonds is 9. The van der Waals surface area contributed by atoms with E-state index in [0.29, 0.717) is 17.1 Å². The summed E-state index contributed by atoms with van der Waals surface area (Å²) in [5.74, 6) is 1.29. The second-order valence-corrected chi connectivity index (χ2v) is 6.44. The highest BCUT2D eigenvalue weighted by Crippen LogP contribution is 2.40. The molecule has 1 N–H and O–H groups in total. The van der Waals surface area contributed by atoms with Gasteiger partial charge in [-0.15, -0.1) is 6.58 Å². The summed E-state index contributed by atoms with van der Waals surface area (Å²) < 4.78 is 22.2. The van der Waals surface area contributed by atoms with Crippen molar-refractivity contribution in [3.05, 3.63) is 78.0 Å². The molecule has 28 heavy (non-hydrogen) atoms. The van der Waals surface area contributed by atoms with E-state index < -0.39 is 6.10 Å². The Hall–Kier alpha value is -3.03. The van der Waals surface area contributed by atoms with Crippen LogP contribution >= 0.6 is 0 Å².